The van der Waals surface area contributed by atoms with E-state index < -0.39 is 6.10 Å². The first-order valence-electron chi connectivity index (χ1n) is 10.3. The lowest BCUT2D eigenvalue weighted by atomic mass is 9.98. The standard InChI is InChI=1S/C23H28N2O3S/c1-2-27-19-9-11-20(12-10-19)28-16-18(26)15-25-13-5-6-17(14-25)23-24-21-7-3-4-8-22(21)29-23/h3-4,7-12,17-18,26H,2,5-6,13-16H2,1H3/t17-,18+/m1/s1. The van der Waals surface area contributed by atoms with Gasteiger partial charge in [0.25, 0.3) is 0 Å². The van der Waals surface area contributed by atoms with Crippen LogP contribution in [0.25, 0.3) is 10.2 Å². The monoisotopic (exact) mass is 412 g/mol. The van der Waals surface area contributed by atoms with Crippen LogP contribution in [0.3, 0.4) is 0 Å². The van der Waals surface area contributed by atoms with Crippen molar-refractivity contribution in [2.45, 2.75) is 31.8 Å². The molecule has 29 heavy (non-hydrogen) atoms. The highest BCUT2D eigenvalue weighted by Gasteiger charge is 2.25. The Balaban J connectivity index is 1.28. The fraction of sp³-hybridized carbons (Fsp3) is 0.435. The summed E-state index contributed by atoms with van der Waals surface area (Å²) in [5.41, 5.74) is 1.09. The second-order valence-electron chi connectivity index (χ2n) is 7.49. The maximum absolute atomic E-state index is 10.5. The summed E-state index contributed by atoms with van der Waals surface area (Å²) < 4.78 is 12.4. The van der Waals surface area contributed by atoms with Crippen molar-refractivity contribution in [2.24, 2.45) is 0 Å². The summed E-state index contributed by atoms with van der Waals surface area (Å²) in [5, 5.41) is 11.7. The van der Waals surface area contributed by atoms with E-state index in [-0.39, 0.29) is 6.61 Å². The third-order valence-electron chi connectivity index (χ3n) is 5.21. The molecule has 154 valence electrons. The molecule has 0 radical (unpaired) electrons. The van der Waals surface area contributed by atoms with Gasteiger partial charge in [0.1, 0.15) is 24.2 Å². The van der Waals surface area contributed by atoms with E-state index in [0.29, 0.717) is 19.1 Å². The smallest absolute Gasteiger partial charge is 0.119 e. The minimum Gasteiger partial charge on any atom is -0.494 e. The van der Waals surface area contributed by atoms with Crippen molar-refractivity contribution < 1.29 is 14.6 Å². The molecular weight excluding hydrogens is 384 g/mol. The highest BCUT2D eigenvalue weighted by Crippen LogP contribution is 2.33. The zero-order chi connectivity index (χ0) is 20.1. The molecule has 0 unspecified atom stereocenters. The molecule has 2 heterocycles. The number of rotatable bonds is 8. The van der Waals surface area contributed by atoms with Gasteiger partial charge in [0.2, 0.25) is 0 Å². The van der Waals surface area contributed by atoms with E-state index in [1.54, 1.807) is 11.3 Å². The number of aliphatic hydroxyl groups excluding tert-OH is 1. The molecule has 1 aromatic heterocycles. The predicted octanol–water partition coefficient (Wildman–Crippen LogP) is 4.31. The fourth-order valence-electron chi connectivity index (χ4n) is 3.83. The van der Waals surface area contributed by atoms with Crippen molar-refractivity contribution in [1.29, 1.82) is 0 Å². The molecule has 0 aliphatic carbocycles. The summed E-state index contributed by atoms with van der Waals surface area (Å²) in [6, 6.07) is 15.9. The molecule has 6 heteroatoms. The number of para-hydroxylation sites is 1. The molecule has 2 aromatic carbocycles. The van der Waals surface area contributed by atoms with E-state index in [1.807, 2.05) is 37.3 Å². The molecule has 1 saturated heterocycles. The highest BCUT2D eigenvalue weighted by molar-refractivity contribution is 7.18. The molecule has 0 saturated carbocycles. The third kappa shape index (κ3) is 5.26. The first-order valence-corrected chi connectivity index (χ1v) is 11.1. The van der Waals surface area contributed by atoms with Gasteiger partial charge in [-0.25, -0.2) is 4.98 Å². The van der Waals surface area contributed by atoms with Gasteiger partial charge in [-0.3, -0.25) is 4.90 Å². The SMILES string of the molecule is CCOc1ccc(OC[C@@H](O)CN2CCC[C@@H](c3nc4ccccc4s3)C2)cc1. The zero-order valence-corrected chi connectivity index (χ0v) is 17.6. The topological polar surface area (TPSA) is 54.8 Å². The van der Waals surface area contributed by atoms with Crippen LogP contribution in [-0.2, 0) is 0 Å². The Morgan fingerprint density at radius 3 is 2.66 bits per heavy atom. The summed E-state index contributed by atoms with van der Waals surface area (Å²) in [5.74, 6) is 2.02. The van der Waals surface area contributed by atoms with Crippen LogP contribution in [0.1, 0.15) is 30.7 Å². The molecule has 0 spiro atoms. The molecular formula is C23H28N2O3S. The number of likely N-dealkylation sites (tertiary alicyclic amines) is 1. The van der Waals surface area contributed by atoms with Crippen LogP contribution in [0.4, 0.5) is 0 Å². The van der Waals surface area contributed by atoms with Gasteiger partial charge in [-0.2, -0.15) is 0 Å². The number of ether oxygens (including phenoxy) is 2. The zero-order valence-electron chi connectivity index (χ0n) is 16.8. The predicted molar refractivity (Wildman–Crippen MR) is 117 cm³/mol. The number of piperidine rings is 1. The number of fused-ring (bicyclic) bond motifs is 1. The number of thiazole rings is 1. The maximum Gasteiger partial charge on any atom is 0.119 e. The van der Waals surface area contributed by atoms with E-state index in [4.69, 9.17) is 14.5 Å². The van der Waals surface area contributed by atoms with Gasteiger partial charge in [-0.1, -0.05) is 12.1 Å². The van der Waals surface area contributed by atoms with Crippen molar-refractivity contribution in [3.05, 3.63) is 53.5 Å². The van der Waals surface area contributed by atoms with E-state index >= 15 is 0 Å². The van der Waals surface area contributed by atoms with Gasteiger partial charge in [0.15, 0.2) is 0 Å². The average Bonchev–Trinajstić information content (AvgIpc) is 3.18. The number of hydrogen-bond acceptors (Lipinski definition) is 6. The van der Waals surface area contributed by atoms with Crippen LogP contribution in [-0.4, -0.2) is 53.9 Å². The Bertz CT molecular complexity index is 879. The van der Waals surface area contributed by atoms with Crippen LogP contribution in [0.2, 0.25) is 0 Å². The number of benzene rings is 2. The Morgan fingerprint density at radius 1 is 1.14 bits per heavy atom. The van der Waals surface area contributed by atoms with Crippen molar-refractivity contribution >= 4 is 21.6 Å². The lowest BCUT2D eigenvalue weighted by Crippen LogP contribution is -2.41. The molecule has 4 rings (SSSR count). The highest BCUT2D eigenvalue weighted by atomic mass is 32.1. The van der Waals surface area contributed by atoms with Gasteiger partial charge in [-0.05, 0) is 62.7 Å². The molecule has 0 bridgehead atoms. The molecule has 1 fully saturated rings. The second-order valence-corrected chi connectivity index (χ2v) is 8.55. The molecule has 1 aliphatic heterocycles. The largest absolute Gasteiger partial charge is 0.494 e. The second kappa shape index (κ2) is 9.57. The first-order chi connectivity index (χ1) is 14.2. The molecule has 1 N–H and O–H groups in total. The van der Waals surface area contributed by atoms with E-state index in [9.17, 15) is 5.11 Å². The van der Waals surface area contributed by atoms with Crippen LogP contribution in [0.5, 0.6) is 11.5 Å². The quantitative estimate of drug-likeness (QED) is 0.597. The summed E-state index contributed by atoms with van der Waals surface area (Å²) >= 11 is 1.80. The molecule has 3 aromatic rings. The number of hydrogen-bond donors (Lipinski definition) is 1. The normalized spacial score (nSPS) is 18.6. The van der Waals surface area contributed by atoms with Gasteiger partial charge in [0.05, 0.1) is 21.8 Å². The summed E-state index contributed by atoms with van der Waals surface area (Å²) in [6.07, 6.45) is 1.78. The van der Waals surface area contributed by atoms with Crippen LogP contribution >= 0.6 is 11.3 Å². The van der Waals surface area contributed by atoms with Gasteiger partial charge in [0, 0.05) is 19.0 Å². The van der Waals surface area contributed by atoms with Crippen LogP contribution in [0.15, 0.2) is 48.5 Å². The van der Waals surface area contributed by atoms with Crippen molar-refractivity contribution in [2.75, 3.05) is 32.8 Å². The maximum atomic E-state index is 10.5. The minimum atomic E-state index is -0.518. The number of β-amino-alcohol motifs (C(OH)–C–C–N with tert-alkyl or cyclic N) is 1. The lowest BCUT2D eigenvalue weighted by molar-refractivity contribution is 0.0583. The van der Waals surface area contributed by atoms with Crippen LogP contribution in [0, 0.1) is 0 Å². The molecule has 2 atom stereocenters. The van der Waals surface area contributed by atoms with E-state index in [2.05, 4.69) is 23.1 Å². The summed E-state index contributed by atoms with van der Waals surface area (Å²) in [4.78, 5) is 7.18. The third-order valence-corrected chi connectivity index (χ3v) is 6.41. The van der Waals surface area contributed by atoms with Crippen LogP contribution < -0.4 is 9.47 Å². The average molecular weight is 413 g/mol. The first kappa shape index (κ1) is 20.1. The van der Waals surface area contributed by atoms with Crippen molar-refractivity contribution in [3.8, 4) is 11.5 Å². The lowest BCUT2D eigenvalue weighted by Gasteiger charge is -2.33. The molecule has 5 nitrogen and oxygen atoms in total. The number of nitrogens with zero attached hydrogens (tertiary/aromatic N) is 2. The van der Waals surface area contributed by atoms with Gasteiger partial charge < -0.3 is 14.6 Å². The van der Waals surface area contributed by atoms with Crippen molar-refractivity contribution in [3.63, 3.8) is 0 Å². The summed E-state index contributed by atoms with van der Waals surface area (Å²) in [6.45, 7) is 5.48. The van der Waals surface area contributed by atoms with E-state index in [1.165, 1.54) is 9.71 Å². The van der Waals surface area contributed by atoms with Gasteiger partial charge >= 0.3 is 0 Å². The Labute approximate surface area is 175 Å². The molecule has 0 amide bonds. The molecule has 1 aliphatic rings. The van der Waals surface area contributed by atoms with Crippen molar-refractivity contribution in [1.82, 2.24) is 9.88 Å². The fourth-order valence-corrected chi connectivity index (χ4v) is 4.92. The van der Waals surface area contributed by atoms with Gasteiger partial charge in [-0.15, -0.1) is 11.3 Å². The minimum absolute atomic E-state index is 0.288. The Hall–Kier alpha value is -2.15. The number of aromatic nitrogens is 1. The van der Waals surface area contributed by atoms with E-state index in [0.717, 1.165) is 42.9 Å². The Morgan fingerprint density at radius 2 is 1.90 bits per heavy atom. The summed E-state index contributed by atoms with van der Waals surface area (Å²) in [7, 11) is 0. The number of aliphatic hydroxyl groups is 1. The Kier molecular flexibility index (Phi) is 6.64.